The summed E-state index contributed by atoms with van der Waals surface area (Å²) in [4.78, 5) is 14.8. The minimum Gasteiger partial charge on any atom is -0.393 e. The number of rotatable bonds is 4. The number of fused-ring (bicyclic) bond motifs is 1. The Balaban J connectivity index is 1.44. The van der Waals surface area contributed by atoms with Crippen LogP contribution < -0.4 is 0 Å². The molecule has 1 saturated heterocycles. The van der Waals surface area contributed by atoms with Crippen molar-refractivity contribution in [1.82, 2.24) is 9.47 Å². The zero-order valence-electron chi connectivity index (χ0n) is 14.5. The second-order valence-corrected chi connectivity index (χ2v) is 7.21. The molecule has 0 radical (unpaired) electrons. The molecule has 1 saturated carbocycles. The van der Waals surface area contributed by atoms with Crippen LogP contribution in [0.2, 0.25) is 0 Å². The monoisotopic (exact) mass is 342 g/mol. The van der Waals surface area contributed by atoms with Crippen molar-refractivity contribution in [3.05, 3.63) is 36.5 Å². The highest BCUT2D eigenvalue weighted by Crippen LogP contribution is 2.32. The molecule has 134 valence electrons. The van der Waals surface area contributed by atoms with Gasteiger partial charge in [0.05, 0.1) is 25.4 Å². The molecule has 2 aromatic rings. The van der Waals surface area contributed by atoms with E-state index in [4.69, 9.17) is 4.74 Å². The van der Waals surface area contributed by atoms with Crippen molar-refractivity contribution in [2.24, 2.45) is 5.92 Å². The second kappa shape index (κ2) is 7.18. The number of aromatic nitrogens is 1. The van der Waals surface area contributed by atoms with Crippen LogP contribution in [0.25, 0.3) is 10.9 Å². The SMILES string of the molecule is O=C(CCn1ccc2ccccc21)N1CCOC[C@@H]1[C@@H]1CCC[C@@H]1O. The van der Waals surface area contributed by atoms with Crippen molar-refractivity contribution in [2.75, 3.05) is 19.8 Å². The number of nitrogens with zero attached hydrogens (tertiary/aromatic N) is 2. The summed E-state index contributed by atoms with van der Waals surface area (Å²) in [6.07, 6.45) is 5.11. The lowest BCUT2D eigenvalue weighted by molar-refractivity contribution is -0.144. The maximum atomic E-state index is 12.9. The largest absolute Gasteiger partial charge is 0.393 e. The molecule has 1 aromatic carbocycles. The molecular formula is C20H26N2O3. The third-order valence-corrected chi connectivity index (χ3v) is 5.76. The number of hydrogen-bond acceptors (Lipinski definition) is 3. The quantitative estimate of drug-likeness (QED) is 0.928. The Morgan fingerprint density at radius 2 is 2.12 bits per heavy atom. The van der Waals surface area contributed by atoms with Crippen molar-refractivity contribution in [3.8, 4) is 0 Å². The standard InChI is InChI=1S/C20H26N2O3/c23-19-7-3-5-16(19)18-14-25-13-12-22(18)20(24)9-11-21-10-8-15-4-1-2-6-17(15)21/h1-2,4,6,8,10,16,18-19,23H,3,5,7,9,11-14H2/t16-,18+,19-/m0/s1. The highest BCUT2D eigenvalue weighted by Gasteiger charge is 2.39. The molecular weight excluding hydrogens is 316 g/mol. The second-order valence-electron chi connectivity index (χ2n) is 7.21. The lowest BCUT2D eigenvalue weighted by atomic mass is 9.94. The number of carbonyl (C=O) groups excluding carboxylic acids is 1. The van der Waals surface area contributed by atoms with E-state index in [-0.39, 0.29) is 24.0 Å². The Kier molecular flexibility index (Phi) is 4.77. The van der Waals surface area contributed by atoms with Gasteiger partial charge in [-0.25, -0.2) is 0 Å². The number of aliphatic hydroxyl groups excluding tert-OH is 1. The first kappa shape index (κ1) is 16.6. The van der Waals surface area contributed by atoms with Gasteiger partial charge in [0.1, 0.15) is 0 Å². The molecule has 1 aliphatic carbocycles. The highest BCUT2D eigenvalue weighted by molar-refractivity contribution is 5.80. The van der Waals surface area contributed by atoms with E-state index in [9.17, 15) is 9.90 Å². The zero-order chi connectivity index (χ0) is 17.2. The minimum atomic E-state index is -0.296. The molecule has 0 bridgehead atoms. The van der Waals surface area contributed by atoms with Crippen LogP contribution in [-0.4, -0.2) is 52.4 Å². The maximum Gasteiger partial charge on any atom is 0.224 e. The Labute approximate surface area is 148 Å². The van der Waals surface area contributed by atoms with E-state index < -0.39 is 0 Å². The summed E-state index contributed by atoms with van der Waals surface area (Å²) in [6.45, 7) is 2.47. The van der Waals surface area contributed by atoms with Gasteiger partial charge in [0.15, 0.2) is 0 Å². The molecule has 2 fully saturated rings. The molecule has 2 heterocycles. The number of carbonyl (C=O) groups is 1. The van der Waals surface area contributed by atoms with Crippen molar-refractivity contribution in [3.63, 3.8) is 0 Å². The number of aryl methyl sites for hydroxylation is 1. The average Bonchev–Trinajstić information content (AvgIpc) is 3.26. The van der Waals surface area contributed by atoms with Gasteiger partial charge in [0.25, 0.3) is 0 Å². The van der Waals surface area contributed by atoms with Crippen molar-refractivity contribution >= 4 is 16.8 Å². The van der Waals surface area contributed by atoms with Gasteiger partial charge in [0.2, 0.25) is 5.91 Å². The van der Waals surface area contributed by atoms with Crippen LogP contribution in [0.3, 0.4) is 0 Å². The van der Waals surface area contributed by atoms with Crippen LogP contribution in [0.1, 0.15) is 25.7 Å². The first-order valence-corrected chi connectivity index (χ1v) is 9.33. The number of morpholine rings is 1. The van der Waals surface area contributed by atoms with Crippen LogP contribution in [0.15, 0.2) is 36.5 Å². The van der Waals surface area contributed by atoms with E-state index in [1.807, 2.05) is 17.0 Å². The first-order chi connectivity index (χ1) is 12.2. The number of benzene rings is 1. The van der Waals surface area contributed by atoms with Crippen LogP contribution in [-0.2, 0) is 16.1 Å². The summed E-state index contributed by atoms with van der Waals surface area (Å²) in [7, 11) is 0. The lowest BCUT2D eigenvalue weighted by Gasteiger charge is -2.40. The number of amides is 1. The molecule has 3 atom stereocenters. The van der Waals surface area contributed by atoms with Gasteiger partial charge in [-0.3, -0.25) is 4.79 Å². The number of ether oxygens (including phenoxy) is 1. The normalized spacial score (nSPS) is 27.1. The predicted molar refractivity (Wildman–Crippen MR) is 96.2 cm³/mol. The number of hydrogen-bond donors (Lipinski definition) is 1. The van der Waals surface area contributed by atoms with Gasteiger partial charge < -0.3 is 19.3 Å². The van der Waals surface area contributed by atoms with Crippen molar-refractivity contribution in [1.29, 1.82) is 0 Å². The Hall–Kier alpha value is -1.85. The average molecular weight is 342 g/mol. The fourth-order valence-electron chi connectivity index (χ4n) is 4.40. The number of para-hydroxylation sites is 1. The summed E-state index contributed by atoms with van der Waals surface area (Å²) < 4.78 is 7.77. The molecule has 5 heteroatoms. The molecule has 1 amide bonds. The Morgan fingerprint density at radius 1 is 1.24 bits per heavy atom. The maximum absolute atomic E-state index is 12.9. The third-order valence-electron chi connectivity index (χ3n) is 5.76. The molecule has 5 nitrogen and oxygen atoms in total. The van der Waals surface area contributed by atoms with E-state index in [1.54, 1.807) is 0 Å². The van der Waals surface area contributed by atoms with Gasteiger partial charge in [-0.1, -0.05) is 24.6 Å². The minimum absolute atomic E-state index is 0.0279. The van der Waals surface area contributed by atoms with Gasteiger partial charge in [-0.05, 0) is 30.4 Å². The highest BCUT2D eigenvalue weighted by atomic mass is 16.5. The smallest absolute Gasteiger partial charge is 0.224 e. The predicted octanol–water partition coefficient (Wildman–Crippen LogP) is 2.42. The molecule has 2 aliphatic rings. The summed E-state index contributed by atoms with van der Waals surface area (Å²) in [5, 5.41) is 11.4. The molecule has 0 unspecified atom stereocenters. The van der Waals surface area contributed by atoms with E-state index in [1.165, 1.54) is 10.9 Å². The van der Waals surface area contributed by atoms with Crippen LogP contribution in [0.4, 0.5) is 0 Å². The summed E-state index contributed by atoms with van der Waals surface area (Å²) >= 11 is 0. The van der Waals surface area contributed by atoms with Crippen LogP contribution >= 0.6 is 0 Å². The fraction of sp³-hybridized carbons (Fsp3) is 0.550. The fourth-order valence-corrected chi connectivity index (χ4v) is 4.40. The van der Waals surface area contributed by atoms with E-state index in [0.717, 1.165) is 19.3 Å². The lowest BCUT2D eigenvalue weighted by Crippen LogP contribution is -2.53. The topological polar surface area (TPSA) is 54.7 Å². The molecule has 1 N–H and O–H groups in total. The molecule has 4 rings (SSSR count). The van der Waals surface area contributed by atoms with Gasteiger partial charge in [0, 0.05) is 37.1 Å². The Bertz CT molecular complexity index is 741. The molecule has 1 aromatic heterocycles. The van der Waals surface area contributed by atoms with Crippen molar-refractivity contribution in [2.45, 2.75) is 44.4 Å². The van der Waals surface area contributed by atoms with Crippen molar-refractivity contribution < 1.29 is 14.6 Å². The summed E-state index contributed by atoms with van der Waals surface area (Å²) in [6, 6.07) is 10.4. The van der Waals surface area contributed by atoms with E-state index >= 15 is 0 Å². The first-order valence-electron chi connectivity index (χ1n) is 9.33. The number of aliphatic hydroxyl groups is 1. The third kappa shape index (κ3) is 3.31. The van der Waals surface area contributed by atoms with Crippen LogP contribution in [0, 0.1) is 5.92 Å². The summed E-state index contributed by atoms with van der Waals surface area (Å²) in [5.41, 5.74) is 1.17. The van der Waals surface area contributed by atoms with Gasteiger partial charge >= 0.3 is 0 Å². The zero-order valence-corrected chi connectivity index (χ0v) is 14.5. The van der Waals surface area contributed by atoms with Gasteiger partial charge in [-0.2, -0.15) is 0 Å². The molecule has 1 aliphatic heterocycles. The van der Waals surface area contributed by atoms with Gasteiger partial charge in [-0.15, -0.1) is 0 Å². The van der Waals surface area contributed by atoms with Crippen LogP contribution in [0.5, 0.6) is 0 Å². The molecule has 25 heavy (non-hydrogen) atoms. The summed E-state index contributed by atoms with van der Waals surface area (Å²) in [5.74, 6) is 0.335. The van der Waals surface area contributed by atoms with E-state index in [2.05, 4.69) is 29.0 Å². The Morgan fingerprint density at radius 3 is 2.96 bits per heavy atom. The van der Waals surface area contributed by atoms with E-state index in [0.29, 0.717) is 32.7 Å². The molecule has 0 spiro atoms.